The molecule has 0 saturated heterocycles. The molecule has 0 unspecified atom stereocenters. The highest BCUT2D eigenvalue weighted by atomic mass is 16.6. The van der Waals surface area contributed by atoms with E-state index in [2.05, 4.69) is 34.2 Å². The van der Waals surface area contributed by atoms with E-state index in [9.17, 15) is 24.8 Å². The van der Waals surface area contributed by atoms with E-state index in [0.29, 0.717) is 6.07 Å². The third kappa shape index (κ3) is 4.14. The van der Waals surface area contributed by atoms with Gasteiger partial charge in [-0.15, -0.1) is 0 Å². The molecule has 9 heteroatoms. The number of aromatic nitrogens is 2. The van der Waals surface area contributed by atoms with Crippen molar-refractivity contribution >= 4 is 39.4 Å². The Kier molecular flexibility index (Phi) is 5.40. The van der Waals surface area contributed by atoms with Gasteiger partial charge in [-0.2, -0.15) is 0 Å². The minimum Gasteiger partial charge on any atom is -0.545 e. The molecule has 144 valence electrons. The number of nitro groups is 1. The lowest BCUT2D eigenvalue weighted by Crippen LogP contribution is -2.25. The van der Waals surface area contributed by atoms with Gasteiger partial charge in [0.2, 0.25) is 5.52 Å². The standard InChI is InChI=1S/C12H8N2.C8H5NO6/c1-3-9-5-6-10-4-2-8-14-12(10)11(9)13-7-1;10-7(11)5-2-1-4(9(14)15)3-6(5)8(12)13/h1-8H;1-3H,(H,10,11)(H,12,13). The van der Waals surface area contributed by atoms with Crippen LogP contribution in [0.2, 0.25) is 0 Å². The van der Waals surface area contributed by atoms with Crippen molar-refractivity contribution in [2.45, 2.75) is 0 Å². The van der Waals surface area contributed by atoms with Gasteiger partial charge in [0, 0.05) is 40.7 Å². The van der Waals surface area contributed by atoms with E-state index in [1.807, 2.05) is 24.5 Å². The number of aromatic carboxylic acids is 2. The van der Waals surface area contributed by atoms with Crippen molar-refractivity contribution in [3.05, 3.63) is 88.2 Å². The molecule has 9 nitrogen and oxygen atoms in total. The van der Waals surface area contributed by atoms with Gasteiger partial charge in [0.1, 0.15) is 5.52 Å². The minimum atomic E-state index is -1.77. The summed E-state index contributed by atoms with van der Waals surface area (Å²) in [5.74, 6) is -3.25. The molecule has 2 heterocycles. The number of nitrogens with one attached hydrogen (secondary N) is 1. The van der Waals surface area contributed by atoms with Crippen LogP contribution in [0.3, 0.4) is 0 Å². The van der Waals surface area contributed by atoms with Crippen molar-refractivity contribution in [2.75, 3.05) is 0 Å². The van der Waals surface area contributed by atoms with Crippen LogP contribution in [0.5, 0.6) is 0 Å². The van der Waals surface area contributed by atoms with Crippen molar-refractivity contribution in [1.29, 1.82) is 0 Å². The Morgan fingerprint density at radius 3 is 2.41 bits per heavy atom. The summed E-state index contributed by atoms with van der Waals surface area (Å²) < 4.78 is 0. The van der Waals surface area contributed by atoms with Gasteiger partial charge in [-0.3, -0.25) is 10.1 Å². The summed E-state index contributed by atoms with van der Waals surface area (Å²) >= 11 is 0. The predicted molar refractivity (Wildman–Crippen MR) is 100 cm³/mol. The summed E-state index contributed by atoms with van der Waals surface area (Å²) in [5.41, 5.74) is 0.382. The zero-order chi connectivity index (χ0) is 21.0. The molecule has 29 heavy (non-hydrogen) atoms. The fraction of sp³-hybridized carbons (Fsp3) is 0. The number of H-pyrrole nitrogens is 1. The molecule has 0 spiro atoms. The first-order valence-electron chi connectivity index (χ1n) is 8.25. The van der Waals surface area contributed by atoms with E-state index in [1.165, 1.54) is 10.8 Å². The van der Waals surface area contributed by atoms with Gasteiger partial charge >= 0.3 is 5.97 Å². The lowest BCUT2D eigenvalue weighted by Gasteiger charge is -2.05. The van der Waals surface area contributed by atoms with E-state index >= 15 is 0 Å². The highest BCUT2D eigenvalue weighted by molar-refractivity contribution is 6.01. The normalized spacial score (nSPS) is 10.2. The number of fused-ring (bicyclic) bond motifs is 3. The molecular weight excluding hydrogens is 378 g/mol. The average molecular weight is 391 g/mol. The van der Waals surface area contributed by atoms with Crippen LogP contribution in [0, 0.1) is 10.1 Å². The van der Waals surface area contributed by atoms with Crippen LogP contribution in [0.4, 0.5) is 5.69 Å². The number of nitrogens with zero attached hydrogens (tertiary/aromatic N) is 2. The van der Waals surface area contributed by atoms with Gasteiger partial charge < -0.3 is 15.0 Å². The largest absolute Gasteiger partial charge is 0.545 e. The summed E-state index contributed by atoms with van der Waals surface area (Å²) in [7, 11) is 0. The fourth-order valence-corrected chi connectivity index (χ4v) is 2.74. The molecule has 0 bridgehead atoms. The first-order valence-corrected chi connectivity index (χ1v) is 8.25. The molecule has 0 radical (unpaired) electrons. The molecule has 4 rings (SSSR count). The second-order valence-electron chi connectivity index (χ2n) is 5.85. The lowest BCUT2D eigenvalue weighted by molar-refractivity contribution is -0.385. The molecule has 0 aliphatic heterocycles. The summed E-state index contributed by atoms with van der Waals surface area (Å²) in [6.07, 6.45) is 3.75. The number of nitro benzene ring substituents is 1. The summed E-state index contributed by atoms with van der Waals surface area (Å²) in [5, 5.41) is 31.8. The Labute approximate surface area is 163 Å². The summed E-state index contributed by atoms with van der Waals surface area (Å²) in [6.45, 7) is 0. The Hall–Kier alpha value is -4.40. The number of carbonyl (C=O) groups is 2. The van der Waals surface area contributed by atoms with Crippen LogP contribution in [0.25, 0.3) is 21.8 Å². The number of hydrogen-bond acceptors (Lipinski definition) is 6. The lowest BCUT2D eigenvalue weighted by atomic mass is 10.1. The van der Waals surface area contributed by atoms with Crippen molar-refractivity contribution < 1.29 is 29.7 Å². The number of pyridine rings is 2. The molecule has 0 atom stereocenters. The first-order chi connectivity index (χ1) is 13.9. The Balaban J connectivity index is 0.000000166. The van der Waals surface area contributed by atoms with Gasteiger partial charge in [-0.1, -0.05) is 12.1 Å². The fourth-order valence-electron chi connectivity index (χ4n) is 2.74. The Morgan fingerprint density at radius 1 is 1.00 bits per heavy atom. The Morgan fingerprint density at radius 2 is 1.72 bits per heavy atom. The van der Waals surface area contributed by atoms with Gasteiger partial charge in [0.15, 0.2) is 6.20 Å². The van der Waals surface area contributed by atoms with Crippen LogP contribution in [0.1, 0.15) is 20.7 Å². The summed E-state index contributed by atoms with van der Waals surface area (Å²) in [6, 6.07) is 14.7. The number of aromatic amines is 1. The van der Waals surface area contributed by atoms with Crippen molar-refractivity contribution in [3.63, 3.8) is 0 Å². The van der Waals surface area contributed by atoms with Crippen molar-refractivity contribution in [3.8, 4) is 0 Å². The maximum absolute atomic E-state index is 10.5. The minimum absolute atomic E-state index is 0.501. The van der Waals surface area contributed by atoms with Crippen LogP contribution >= 0.6 is 0 Å². The van der Waals surface area contributed by atoms with Crippen LogP contribution in [0.15, 0.2) is 67.0 Å². The molecule has 0 aliphatic rings. The first kappa shape index (κ1) is 19.4. The molecule has 2 aromatic heterocycles. The molecule has 2 aromatic carbocycles. The topological polar surface area (TPSA) is 148 Å². The molecule has 0 fully saturated rings. The molecular formula is C20H13N3O6. The van der Waals surface area contributed by atoms with E-state index in [1.54, 1.807) is 0 Å². The van der Waals surface area contributed by atoms with Gasteiger partial charge in [0.25, 0.3) is 5.69 Å². The van der Waals surface area contributed by atoms with E-state index < -0.39 is 33.7 Å². The quantitative estimate of drug-likeness (QED) is 0.318. The second-order valence-corrected chi connectivity index (χ2v) is 5.85. The van der Waals surface area contributed by atoms with Gasteiger partial charge in [-0.25, -0.2) is 14.8 Å². The average Bonchev–Trinajstić information content (AvgIpc) is 2.73. The van der Waals surface area contributed by atoms with Gasteiger partial charge in [0.05, 0.1) is 16.5 Å². The number of carboxylic acid groups (broad SMARTS) is 2. The zero-order valence-corrected chi connectivity index (χ0v) is 14.7. The maximum atomic E-state index is 10.5. The second kappa shape index (κ2) is 8.09. The van der Waals surface area contributed by atoms with E-state index in [-0.39, 0.29) is 0 Å². The highest BCUT2D eigenvalue weighted by Crippen LogP contribution is 2.19. The molecule has 0 aliphatic carbocycles. The third-order valence-corrected chi connectivity index (χ3v) is 4.07. The SMILES string of the molecule is O=C([O-])c1cc([N+](=O)[O-])ccc1C(=O)O.c1cnc2c(c1)ccc1ccc[nH+]c12. The summed E-state index contributed by atoms with van der Waals surface area (Å²) in [4.78, 5) is 38.1. The number of carboxylic acids is 2. The number of non-ortho nitro benzene ring substituents is 1. The van der Waals surface area contributed by atoms with E-state index in [0.717, 1.165) is 23.2 Å². The van der Waals surface area contributed by atoms with Crippen LogP contribution < -0.4 is 10.1 Å². The molecule has 0 amide bonds. The number of hydrogen-bond donors (Lipinski definition) is 1. The van der Waals surface area contributed by atoms with Crippen molar-refractivity contribution in [2.24, 2.45) is 0 Å². The number of rotatable bonds is 3. The number of carbonyl (C=O) groups excluding carboxylic acids is 1. The van der Waals surface area contributed by atoms with Crippen molar-refractivity contribution in [1.82, 2.24) is 4.98 Å². The Bertz CT molecular complexity index is 1200. The van der Waals surface area contributed by atoms with Crippen LogP contribution in [-0.2, 0) is 0 Å². The molecule has 2 N–H and O–H groups in total. The smallest absolute Gasteiger partial charge is 0.336 e. The monoisotopic (exact) mass is 391 g/mol. The van der Waals surface area contributed by atoms with E-state index in [4.69, 9.17) is 5.11 Å². The maximum Gasteiger partial charge on any atom is 0.336 e. The zero-order valence-electron chi connectivity index (χ0n) is 14.7. The molecule has 0 saturated carbocycles. The molecule has 4 aromatic rings. The van der Waals surface area contributed by atoms with Gasteiger partial charge in [-0.05, 0) is 24.3 Å². The third-order valence-electron chi connectivity index (χ3n) is 4.07. The number of benzene rings is 2. The predicted octanol–water partition coefficient (Wildman–Crippen LogP) is 1.86. The highest BCUT2D eigenvalue weighted by Gasteiger charge is 2.15. The van der Waals surface area contributed by atoms with Crippen LogP contribution in [-0.4, -0.2) is 27.0 Å².